The summed E-state index contributed by atoms with van der Waals surface area (Å²) in [6.07, 6.45) is 6.05. The van der Waals surface area contributed by atoms with Crippen LogP contribution in [0.4, 0.5) is 5.88 Å². The first-order chi connectivity index (χ1) is 6.31. The van der Waals surface area contributed by atoms with Crippen molar-refractivity contribution in [2.24, 2.45) is 5.92 Å². The van der Waals surface area contributed by atoms with E-state index in [-0.39, 0.29) is 0 Å². The summed E-state index contributed by atoms with van der Waals surface area (Å²) < 4.78 is 4.98. The molecule has 1 fully saturated rings. The molecule has 2 rings (SSSR count). The number of nitrogens with zero attached hydrogens (tertiary/aromatic N) is 1. The Morgan fingerprint density at radius 3 is 2.85 bits per heavy atom. The van der Waals surface area contributed by atoms with Crippen molar-refractivity contribution in [2.45, 2.75) is 39.0 Å². The average Bonchev–Trinajstić information content (AvgIpc) is 2.39. The highest BCUT2D eigenvalue weighted by Gasteiger charge is 2.21. The van der Waals surface area contributed by atoms with E-state index in [9.17, 15) is 0 Å². The molecule has 0 spiro atoms. The molecule has 2 N–H and O–H groups in total. The fraction of sp³-hybridized carbons (Fsp3) is 0.700. The minimum atomic E-state index is 0.511. The van der Waals surface area contributed by atoms with Gasteiger partial charge in [-0.1, -0.05) is 31.3 Å². The third kappa shape index (κ3) is 1.55. The molecule has 0 amide bonds. The summed E-state index contributed by atoms with van der Waals surface area (Å²) in [5.41, 5.74) is 7.86. The molecular weight excluding hydrogens is 164 g/mol. The van der Waals surface area contributed by atoms with Crippen molar-refractivity contribution in [2.75, 3.05) is 5.73 Å². The molecule has 13 heavy (non-hydrogen) atoms. The predicted molar refractivity (Wildman–Crippen MR) is 51.3 cm³/mol. The van der Waals surface area contributed by atoms with Gasteiger partial charge in [0.05, 0.1) is 5.69 Å². The maximum atomic E-state index is 5.66. The van der Waals surface area contributed by atoms with E-state index in [0.29, 0.717) is 5.88 Å². The zero-order chi connectivity index (χ0) is 9.26. The summed E-state index contributed by atoms with van der Waals surface area (Å²) in [6, 6.07) is 0. The molecule has 0 aromatic carbocycles. The number of hydrogen-bond acceptors (Lipinski definition) is 3. The van der Waals surface area contributed by atoms with Crippen LogP contribution in [0.25, 0.3) is 0 Å². The number of rotatable bonds is 3. The second kappa shape index (κ2) is 3.40. The lowest BCUT2D eigenvalue weighted by Crippen LogP contribution is -2.14. The third-order valence-electron chi connectivity index (χ3n) is 2.96. The van der Waals surface area contributed by atoms with Crippen LogP contribution < -0.4 is 5.73 Å². The largest absolute Gasteiger partial charge is 0.367 e. The Morgan fingerprint density at radius 1 is 1.54 bits per heavy atom. The van der Waals surface area contributed by atoms with Gasteiger partial charge in [0.15, 0.2) is 0 Å². The summed E-state index contributed by atoms with van der Waals surface area (Å²) in [4.78, 5) is 0. The third-order valence-corrected chi connectivity index (χ3v) is 2.96. The quantitative estimate of drug-likeness (QED) is 0.775. The smallest absolute Gasteiger partial charge is 0.225 e. The van der Waals surface area contributed by atoms with Crippen molar-refractivity contribution in [3.8, 4) is 0 Å². The average molecular weight is 180 g/mol. The van der Waals surface area contributed by atoms with Crippen LogP contribution in [-0.2, 0) is 12.8 Å². The number of aromatic nitrogens is 1. The van der Waals surface area contributed by atoms with Gasteiger partial charge in [0, 0.05) is 5.56 Å². The summed E-state index contributed by atoms with van der Waals surface area (Å²) in [5.74, 6) is 1.34. The summed E-state index contributed by atoms with van der Waals surface area (Å²) >= 11 is 0. The molecule has 3 heteroatoms. The van der Waals surface area contributed by atoms with Crippen LogP contribution in [0.3, 0.4) is 0 Å². The topological polar surface area (TPSA) is 52.0 Å². The number of anilines is 1. The van der Waals surface area contributed by atoms with E-state index >= 15 is 0 Å². The number of nitrogens with two attached hydrogens (primary N) is 1. The van der Waals surface area contributed by atoms with Gasteiger partial charge in [-0.2, -0.15) is 0 Å². The lowest BCUT2D eigenvalue weighted by Gasteiger charge is -2.24. The Balaban J connectivity index is 2.09. The van der Waals surface area contributed by atoms with Gasteiger partial charge in [0.2, 0.25) is 5.88 Å². The van der Waals surface area contributed by atoms with Crippen LogP contribution in [0, 0.1) is 5.92 Å². The van der Waals surface area contributed by atoms with Crippen molar-refractivity contribution < 1.29 is 4.52 Å². The van der Waals surface area contributed by atoms with Crippen molar-refractivity contribution >= 4 is 5.88 Å². The van der Waals surface area contributed by atoms with E-state index in [0.717, 1.165) is 30.0 Å². The zero-order valence-electron chi connectivity index (χ0n) is 8.05. The first-order valence-corrected chi connectivity index (χ1v) is 5.04. The Hall–Kier alpha value is -0.990. The molecule has 1 aromatic heterocycles. The second-order valence-electron chi connectivity index (χ2n) is 3.83. The first kappa shape index (κ1) is 8.60. The minimum absolute atomic E-state index is 0.511. The lowest BCUT2D eigenvalue weighted by molar-refractivity contribution is 0.305. The molecule has 1 aliphatic carbocycles. The molecule has 1 heterocycles. The van der Waals surface area contributed by atoms with Gasteiger partial charge in [0.1, 0.15) is 0 Å². The van der Waals surface area contributed by atoms with Crippen molar-refractivity contribution in [3.63, 3.8) is 0 Å². The van der Waals surface area contributed by atoms with Crippen molar-refractivity contribution in [1.29, 1.82) is 0 Å². The van der Waals surface area contributed by atoms with E-state index in [4.69, 9.17) is 10.3 Å². The van der Waals surface area contributed by atoms with E-state index in [1.807, 2.05) is 0 Å². The maximum Gasteiger partial charge on any atom is 0.225 e. The number of hydrogen-bond donors (Lipinski definition) is 1. The molecule has 0 radical (unpaired) electrons. The normalized spacial score (nSPS) is 17.3. The number of nitrogen functional groups attached to an aromatic ring is 1. The Labute approximate surface area is 78.3 Å². The first-order valence-electron chi connectivity index (χ1n) is 5.04. The molecule has 0 bridgehead atoms. The summed E-state index contributed by atoms with van der Waals surface area (Å²) in [5, 5.41) is 4.01. The van der Waals surface area contributed by atoms with Crippen LogP contribution in [0.2, 0.25) is 0 Å². The highest BCUT2D eigenvalue weighted by molar-refractivity contribution is 5.39. The van der Waals surface area contributed by atoms with Crippen LogP contribution in [0.5, 0.6) is 0 Å². The van der Waals surface area contributed by atoms with Gasteiger partial charge >= 0.3 is 0 Å². The minimum Gasteiger partial charge on any atom is -0.367 e. The van der Waals surface area contributed by atoms with E-state index in [1.54, 1.807) is 0 Å². The molecule has 1 aromatic rings. The Bertz CT molecular complexity index is 289. The molecule has 0 aliphatic heterocycles. The fourth-order valence-electron chi connectivity index (χ4n) is 1.87. The predicted octanol–water partition coefficient (Wildman–Crippen LogP) is 2.16. The van der Waals surface area contributed by atoms with Gasteiger partial charge in [0.25, 0.3) is 0 Å². The summed E-state index contributed by atoms with van der Waals surface area (Å²) in [6.45, 7) is 2.09. The summed E-state index contributed by atoms with van der Waals surface area (Å²) in [7, 11) is 0. The monoisotopic (exact) mass is 180 g/mol. The molecular formula is C10H16N2O. The lowest BCUT2D eigenvalue weighted by atomic mass is 9.81. The second-order valence-corrected chi connectivity index (χ2v) is 3.83. The van der Waals surface area contributed by atoms with Crippen LogP contribution in [-0.4, -0.2) is 5.16 Å². The molecule has 1 aliphatic rings. The standard InChI is InChI=1S/C10H16N2O/c1-2-8-9(12-13-10(8)11)6-7-4-3-5-7/h7H,2-6,11H2,1H3. The van der Waals surface area contributed by atoms with E-state index in [1.165, 1.54) is 19.3 Å². The Morgan fingerprint density at radius 2 is 2.31 bits per heavy atom. The van der Waals surface area contributed by atoms with Crippen molar-refractivity contribution in [3.05, 3.63) is 11.3 Å². The van der Waals surface area contributed by atoms with Gasteiger partial charge in [-0.15, -0.1) is 0 Å². The molecule has 1 saturated carbocycles. The van der Waals surface area contributed by atoms with Crippen molar-refractivity contribution in [1.82, 2.24) is 5.16 Å². The zero-order valence-corrected chi connectivity index (χ0v) is 8.05. The molecule has 0 unspecified atom stereocenters. The van der Waals surface area contributed by atoms with Crippen LogP contribution in [0.15, 0.2) is 4.52 Å². The van der Waals surface area contributed by atoms with Gasteiger partial charge < -0.3 is 10.3 Å². The molecule has 3 nitrogen and oxygen atoms in total. The van der Waals surface area contributed by atoms with Gasteiger partial charge in [-0.05, 0) is 18.8 Å². The van der Waals surface area contributed by atoms with Gasteiger partial charge in [-0.3, -0.25) is 0 Å². The Kier molecular flexibility index (Phi) is 2.25. The van der Waals surface area contributed by atoms with E-state index in [2.05, 4.69) is 12.1 Å². The maximum absolute atomic E-state index is 5.66. The highest BCUT2D eigenvalue weighted by atomic mass is 16.5. The molecule has 0 saturated heterocycles. The van der Waals surface area contributed by atoms with E-state index < -0.39 is 0 Å². The SMILES string of the molecule is CCc1c(CC2CCC2)noc1N. The van der Waals surface area contributed by atoms with Crippen LogP contribution >= 0.6 is 0 Å². The molecule has 72 valence electrons. The van der Waals surface area contributed by atoms with Gasteiger partial charge in [-0.25, -0.2) is 0 Å². The fourth-order valence-corrected chi connectivity index (χ4v) is 1.87. The highest BCUT2D eigenvalue weighted by Crippen LogP contribution is 2.31. The molecule has 0 atom stereocenters. The van der Waals surface area contributed by atoms with Crippen LogP contribution in [0.1, 0.15) is 37.4 Å².